The van der Waals surface area contributed by atoms with Gasteiger partial charge in [0.2, 0.25) is 5.75 Å². The van der Waals surface area contributed by atoms with Crippen molar-refractivity contribution in [3.63, 3.8) is 0 Å². The highest BCUT2D eigenvalue weighted by atomic mass is 16.6. The van der Waals surface area contributed by atoms with Gasteiger partial charge in [-0.25, -0.2) is 5.43 Å². The zero-order valence-electron chi connectivity index (χ0n) is 15.1. The summed E-state index contributed by atoms with van der Waals surface area (Å²) in [6.45, 7) is 1.92. The average molecular weight is 386 g/mol. The van der Waals surface area contributed by atoms with Crippen molar-refractivity contribution in [1.29, 1.82) is 0 Å². The minimum absolute atomic E-state index is 0.129. The third-order valence-corrected chi connectivity index (χ3v) is 3.73. The summed E-state index contributed by atoms with van der Waals surface area (Å²) in [6.07, 6.45) is 1.76. The second-order valence-corrected chi connectivity index (χ2v) is 5.51. The van der Waals surface area contributed by atoms with E-state index >= 15 is 0 Å². The molecule has 0 heterocycles. The summed E-state index contributed by atoms with van der Waals surface area (Å²) in [4.78, 5) is 34.0. The number of hydrazone groups is 1. The summed E-state index contributed by atoms with van der Waals surface area (Å²) in [5.74, 6) is -2.67. The second-order valence-electron chi connectivity index (χ2n) is 5.51. The van der Waals surface area contributed by atoms with Crippen LogP contribution < -0.4 is 15.5 Å². The van der Waals surface area contributed by atoms with E-state index in [1.165, 1.54) is 13.2 Å². The van der Waals surface area contributed by atoms with Crippen molar-refractivity contribution < 1.29 is 24.4 Å². The Hall–Kier alpha value is -3.95. The third-order valence-electron chi connectivity index (χ3n) is 3.73. The predicted octanol–water partition coefficient (Wildman–Crippen LogP) is 1.96. The maximum absolute atomic E-state index is 12.0. The predicted molar refractivity (Wildman–Crippen MR) is 101 cm³/mol. The number of rotatable bonds is 6. The molecule has 2 aromatic rings. The molecule has 2 rings (SSSR count). The first-order chi connectivity index (χ1) is 13.4. The Morgan fingerprint density at radius 1 is 1.29 bits per heavy atom. The molecule has 0 bridgehead atoms. The fourth-order valence-corrected chi connectivity index (χ4v) is 2.33. The van der Waals surface area contributed by atoms with Gasteiger partial charge in [-0.05, 0) is 24.1 Å². The van der Waals surface area contributed by atoms with E-state index < -0.39 is 28.2 Å². The van der Waals surface area contributed by atoms with Crippen LogP contribution >= 0.6 is 0 Å². The van der Waals surface area contributed by atoms with E-state index in [0.29, 0.717) is 12.1 Å². The summed E-state index contributed by atoms with van der Waals surface area (Å²) < 4.78 is 4.86. The molecule has 146 valence electrons. The number of hydrogen-bond acceptors (Lipinski definition) is 7. The fourth-order valence-electron chi connectivity index (χ4n) is 2.33. The molecule has 0 saturated heterocycles. The number of amides is 2. The van der Waals surface area contributed by atoms with Gasteiger partial charge in [-0.2, -0.15) is 5.10 Å². The molecule has 0 radical (unpaired) electrons. The molecule has 0 aliphatic heterocycles. The summed E-state index contributed by atoms with van der Waals surface area (Å²) in [7, 11) is 1.24. The Labute approximate surface area is 160 Å². The monoisotopic (exact) mass is 386 g/mol. The van der Waals surface area contributed by atoms with Gasteiger partial charge in [0.15, 0.2) is 5.75 Å². The van der Waals surface area contributed by atoms with E-state index in [-0.39, 0.29) is 11.3 Å². The summed E-state index contributed by atoms with van der Waals surface area (Å²) in [6, 6.07) is 9.40. The molecule has 0 unspecified atom stereocenters. The number of para-hydroxylation sites is 1. The van der Waals surface area contributed by atoms with Gasteiger partial charge >= 0.3 is 17.5 Å². The van der Waals surface area contributed by atoms with Crippen LogP contribution in [-0.4, -0.2) is 35.2 Å². The molecule has 10 heteroatoms. The number of benzene rings is 2. The summed E-state index contributed by atoms with van der Waals surface area (Å²) in [5.41, 5.74) is 3.02. The lowest BCUT2D eigenvalue weighted by Crippen LogP contribution is -2.32. The van der Waals surface area contributed by atoms with Crippen LogP contribution in [-0.2, 0) is 16.0 Å². The molecule has 2 amide bonds. The molecule has 3 N–H and O–H groups in total. The number of phenols is 1. The highest BCUT2D eigenvalue weighted by Gasteiger charge is 2.19. The molecule has 0 aliphatic carbocycles. The lowest BCUT2D eigenvalue weighted by Gasteiger charge is -2.08. The Bertz CT molecular complexity index is 942. The smallest absolute Gasteiger partial charge is 0.329 e. The van der Waals surface area contributed by atoms with Crippen molar-refractivity contribution in [3.05, 3.63) is 57.6 Å². The van der Waals surface area contributed by atoms with Crippen molar-refractivity contribution in [2.24, 2.45) is 5.10 Å². The van der Waals surface area contributed by atoms with Gasteiger partial charge in [0.25, 0.3) is 0 Å². The number of nitro groups is 1. The van der Waals surface area contributed by atoms with Crippen molar-refractivity contribution in [2.45, 2.75) is 13.3 Å². The van der Waals surface area contributed by atoms with Gasteiger partial charge in [-0.3, -0.25) is 19.7 Å². The molecule has 0 atom stereocenters. The van der Waals surface area contributed by atoms with E-state index in [4.69, 9.17) is 4.74 Å². The van der Waals surface area contributed by atoms with Crippen molar-refractivity contribution in [3.8, 4) is 11.5 Å². The van der Waals surface area contributed by atoms with E-state index in [1.54, 1.807) is 12.1 Å². The Balaban J connectivity index is 2.08. The maximum atomic E-state index is 12.0. The number of aromatic hydroxyl groups is 1. The number of ether oxygens (including phenoxy) is 1. The van der Waals surface area contributed by atoms with E-state index in [2.05, 4.69) is 10.4 Å². The highest BCUT2D eigenvalue weighted by Crippen LogP contribution is 2.36. The second kappa shape index (κ2) is 9.12. The number of methoxy groups -OCH3 is 1. The molecule has 10 nitrogen and oxygen atoms in total. The fraction of sp³-hybridized carbons (Fsp3) is 0.167. The Morgan fingerprint density at radius 2 is 2.00 bits per heavy atom. The molecule has 0 saturated carbocycles. The SMILES string of the molecule is CCc1ccccc1NC(=O)C(=O)N/N=C\c1cc(OC)c(O)c([N+](=O)[O-])c1. The summed E-state index contributed by atoms with van der Waals surface area (Å²) >= 11 is 0. The zero-order valence-corrected chi connectivity index (χ0v) is 15.1. The first kappa shape index (κ1) is 20.4. The number of nitro benzene ring substituents is 1. The standard InChI is InChI=1S/C18H18N4O6/c1-3-12-6-4-5-7-13(12)20-17(24)18(25)21-19-10-11-8-14(22(26)27)16(23)15(9-11)28-2/h4-10,23H,3H2,1-2H3,(H,20,24)(H,21,25)/b19-10-. The molecular weight excluding hydrogens is 368 g/mol. The third kappa shape index (κ3) is 4.81. The van der Waals surface area contributed by atoms with Gasteiger partial charge in [0.05, 0.1) is 18.2 Å². The zero-order chi connectivity index (χ0) is 20.7. The molecule has 0 aliphatic rings. The minimum Gasteiger partial charge on any atom is -0.500 e. The molecule has 2 aromatic carbocycles. The van der Waals surface area contributed by atoms with Crippen molar-refractivity contribution in [2.75, 3.05) is 12.4 Å². The number of carbonyl (C=O) groups is 2. The average Bonchev–Trinajstić information content (AvgIpc) is 2.68. The summed E-state index contributed by atoms with van der Waals surface area (Å²) in [5, 5.41) is 26.8. The van der Waals surface area contributed by atoms with Crippen molar-refractivity contribution in [1.82, 2.24) is 5.43 Å². The largest absolute Gasteiger partial charge is 0.500 e. The lowest BCUT2D eigenvalue weighted by atomic mass is 10.1. The Morgan fingerprint density at radius 3 is 2.64 bits per heavy atom. The van der Waals surface area contributed by atoms with Gasteiger partial charge in [0, 0.05) is 17.3 Å². The number of aryl methyl sites for hydroxylation is 1. The first-order valence-corrected chi connectivity index (χ1v) is 8.15. The molecule has 0 spiro atoms. The lowest BCUT2D eigenvalue weighted by molar-refractivity contribution is -0.386. The van der Waals surface area contributed by atoms with E-state index in [9.17, 15) is 24.8 Å². The Kier molecular flexibility index (Phi) is 6.63. The normalized spacial score (nSPS) is 10.5. The first-order valence-electron chi connectivity index (χ1n) is 8.15. The van der Waals surface area contributed by atoms with Crippen LogP contribution in [0.25, 0.3) is 0 Å². The molecular formula is C18H18N4O6. The molecule has 28 heavy (non-hydrogen) atoms. The van der Waals surface area contributed by atoms with E-state index in [0.717, 1.165) is 17.8 Å². The van der Waals surface area contributed by atoms with Crippen LogP contribution in [0.4, 0.5) is 11.4 Å². The van der Waals surface area contributed by atoms with Gasteiger partial charge in [-0.1, -0.05) is 25.1 Å². The number of phenolic OH excluding ortho intramolecular Hbond substituents is 1. The van der Waals surface area contributed by atoms with Crippen LogP contribution in [0, 0.1) is 10.1 Å². The van der Waals surface area contributed by atoms with Crippen LogP contribution in [0.5, 0.6) is 11.5 Å². The number of hydrogen-bond donors (Lipinski definition) is 3. The maximum Gasteiger partial charge on any atom is 0.329 e. The molecule has 0 fully saturated rings. The van der Waals surface area contributed by atoms with Crippen LogP contribution in [0.3, 0.4) is 0 Å². The number of nitrogens with one attached hydrogen (secondary N) is 2. The minimum atomic E-state index is -1.01. The van der Waals surface area contributed by atoms with Gasteiger partial charge in [0.1, 0.15) is 0 Å². The van der Waals surface area contributed by atoms with Crippen LogP contribution in [0.15, 0.2) is 41.5 Å². The highest BCUT2D eigenvalue weighted by molar-refractivity contribution is 6.39. The van der Waals surface area contributed by atoms with Crippen LogP contribution in [0.1, 0.15) is 18.1 Å². The number of anilines is 1. The van der Waals surface area contributed by atoms with Gasteiger partial charge in [-0.15, -0.1) is 0 Å². The quantitative estimate of drug-likeness (QED) is 0.300. The number of carbonyl (C=O) groups excluding carboxylic acids is 2. The van der Waals surface area contributed by atoms with E-state index in [1.807, 2.05) is 24.5 Å². The van der Waals surface area contributed by atoms with Crippen molar-refractivity contribution >= 4 is 29.4 Å². The topological polar surface area (TPSA) is 143 Å². The van der Waals surface area contributed by atoms with Crippen LogP contribution in [0.2, 0.25) is 0 Å². The van der Waals surface area contributed by atoms with Gasteiger partial charge < -0.3 is 15.2 Å². The molecule has 0 aromatic heterocycles. The number of nitrogens with zero attached hydrogens (tertiary/aromatic N) is 2.